The van der Waals surface area contributed by atoms with Gasteiger partial charge in [-0.05, 0) is 5.56 Å². The van der Waals surface area contributed by atoms with Gasteiger partial charge in [-0.1, -0.05) is 30.3 Å². The minimum atomic E-state index is -1.02. The van der Waals surface area contributed by atoms with Crippen LogP contribution in [0.2, 0.25) is 0 Å². The smallest absolute Gasteiger partial charge is 0.321 e. The number of hydrogen-bond acceptors (Lipinski definition) is 3. The monoisotopic (exact) mass is 194 g/mol. The zero-order valence-corrected chi connectivity index (χ0v) is 7.76. The van der Waals surface area contributed by atoms with Gasteiger partial charge in [-0.2, -0.15) is 0 Å². The van der Waals surface area contributed by atoms with E-state index in [4.69, 9.17) is 16.6 Å². The molecule has 0 bridgehead atoms. The van der Waals surface area contributed by atoms with Crippen LogP contribution in [-0.4, -0.2) is 23.7 Å². The highest BCUT2D eigenvalue weighted by molar-refractivity contribution is 5.74. The quantitative estimate of drug-likeness (QED) is 0.636. The number of aliphatic carboxylic acids is 1. The number of rotatable bonds is 4. The molecule has 0 saturated heterocycles. The highest BCUT2D eigenvalue weighted by Gasteiger charge is 2.23. The van der Waals surface area contributed by atoms with Crippen molar-refractivity contribution in [2.45, 2.75) is 12.0 Å². The van der Waals surface area contributed by atoms with Crippen molar-refractivity contribution in [3.8, 4) is 0 Å². The highest BCUT2D eigenvalue weighted by Crippen LogP contribution is 2.16. The van der Waals surface area contributed by atoms with Gasteiger partial charge in [0.15, 0.2) is 0 Å². The summed E-state index contributed by atoms with van der Waals surface area (Å²) >= 11 is 0. The second-order valence-electron chi connectivity index (χ2n) is 3.12. The topological polar surface area (TPSA) is 89.3 Å². The van der Waals surface area contributed by atoms with Gasteiger partial charge in [0.1, 0.15) is 6.04 Å². The molecule has 4 nitrogen and oxygen atoms in total. The summed E-state index contributed by atoms with van der Waals surface area (Å²) < 4.78 is 0. The van der Waals surface area contributed by atoms with E-state index in [1.807, 2.05) is 30.3 Å². The maximum Gasteiger partial charge on any atom is 0.321 e. The Morgan fingerprint density at radius 1 is 1.36 bits per heavy atom. The summed E-state index contributed by atoms with van der Waals surface area (Å²) in [5.41, 5.74) is 11.9. The van der Waals surface area contributed by atoms with E-state index < -0.39 is 12.0 Å². The first-order chi connectivity index (χ1) is 6.66. The Labute approximate surface area is 82.5 Å². The van der Waals surface area contributed by atoms with Crippen molar-refractivity contribution in [1.29, 1.82) is 0 Å². The van der Waals surface area contributed by atoms with Gasteiger partial charge in [0.05, 0.1) is 0 Å². The average molecular weight is 194 g/mol. The number of hydrogen-bond donors (Lipinski definition) is 3. The Hall–Kier alpha value is -1.39. The molecule has 1 aromatic carbocycles. The van der Waals surface area contributed by atoms with Crippen LogP contribution in [0.25, 0.3) is 0 Å². The summed E-state index contributed by atoms with van der Waals surface area (Å²) in [6, 6.07) is 8.27. The van der Waals surface area contributed by atoms with Crippen LogP contribution in [0, 0.1) is 0 Å². The van der Waals surface area contributed by atoms with Crippen LogP contribution in [0.15, 0.2) is 30.3 Å². The number of carbonyl (C=O) groups is 1. The third-order valence-electron chi connectivity index (χ3n) is 2.20. The molecule has 4 heteroatoms. The minimum Gasteiger partial charge on any atom is -0.480 e. The molecule has 1 aromatic rings. The minimum absolute atomic E-state index is 0.234. The van der Waals surface area contributed by atoms with Gasteiger partial charge in [-0.25, -0.2) is 0 Å². The zero-order valence-electron chi connectivity index (χ0n) is 7.76. The van der Waals surface area contributed by atoms with E-state index in [0.717, 1.165) is 5.56 Å². The lowest BCUT2D eigenvalue weighted by atomic mass is 9.92. The van der Waals surface area contributed by atoms with Gasteiger partial charge in [0, 0.05) is 12.5 Å². The van der Waals surface area contributed by atoms with E-state index in [9.17, 15) is 4.79 Å². The van der Waals surface area contributed by atoms with Crippen LogP contribution in [0.1, 0.15) is 11.5 Å². The Balaban J connectivity index is 2.87. The van der Waals surface area contributed by atoms with Crippen molar-refractivity contribution in [2.24, 2.45) is 11.5 Å². The Bertz CT molecular complexity index is 300. The lowest BCUT2D eigenvalue weighted by molar-refractivity contribution is -0.139. The lowest BCUT2D eigenvalue weighted by Gasteiger charge is -2.18. The second kappa shape index (κ2) is 4.74. The molecule has 0 heterocycles. The Morgan fingerprint density at radius 3 is 2.36 bits per heavy atom. The average Bonchev–Trinajstić information content (AvgIpc) is 2.20. The van der Waals surface area contributed by atoms with E-state index in [2.05, 4.69) is 0 Å². The van der Waals surface area contributed by atoms with Gasteiger partial charge in [-0.15, -0.1) is 0 Å². The molecule has 0 aromatic heterocycles. The molecule has 0 amide bonds. The molecular weight excluding hydrogens is 180 g/mol. The van der Waals surface area contributed by atoms with Crippen molar-refractivity contribution in [2.75, 3.05) is 6.54 Å². The van der Waals surface area contributed by atoms with E-state index >= 15 is 0 Å². The molecule has 0 fully saturated rings. The fourth-order valence-corrected chi connectivity index (χ4v) is 1.36. The summed E-state index contributed by atoms with van der Waals surface area (Å²) in [5.74, 6) is -1.35. The molecule has 0 aliphatic rings. The van der Waals surface area contributed by atoms with Crippen molar-refractivity contribution < 1.29 is 9.90 Å². The maximum absolute atomic E-state index is 10.7. The number of benzene rings is 1. The molecular formula is C10H14N2O2. The normalized spacial score (nSPS) is 14.7. The number of carboxylic acids is 1. The fourth-order valence-electron chi connectivity index (χ4n) is 1.36. The molecule has 0 radical (unpaired) electrons. The summed E-state index contributed by atoms with van der Waals surface area (Å²) in [7, 11) is 0. The van der Waals surface area contributed by atoms with E-state index in [1.54, 1.807) is 0 Å². The molecule has 76 valence electrons. The maximum atomic E-state index is 10.7. The van der Waals surface area contributed by atoms with Gasteiger partial charge in [-0.3, -0.25) is 4.79 Å². The van der Waals surface area contributed by atoms with Crippen molar-refractivity contribution >= 4 is 5.97 Å². The zero-order chi connectivity index (χ0) is 10.6. The van der Waals surface area contributed by atoms with Crippen LogP contribution in [-0.2, 0) is 4.79 Å². The highest BCUT2D eigenvalue weighted by atomic mass is 16.4. The first-order valence-electron chi connectivity index (χ1n) is 4.40. The third kappa shape index (κ3) is 2.31. The van der Waals surface area contributed by atoms with Crippen LogP contribution < -0.4 is 11.5 Å². The molecule has 5 N–H and O–H groups in total. The fraction of sp³-hybridized carbons (Fsp3) is 0.300. The summed E-state index contributed by atoms with van der Waals surface area (Å²) in [4.78, 5) is 10.7. The summed E-state index contributed by atoms with van der Waals surface area (Å²) in [6.45, 7) is 0.234. The first-order valence-corrected chi connectivity index (χ1v) is 4.40. The molecule has 0 saturated carbocycles. The van der Waals surface area contributed by atoms with Crippen LogP contribution in [0.3, 0.4) is 0 Å². The van der Waals surface area contributed by atoms with Crippen molar-refractivity contribution in [3.63, 3.8) is 0 Å². The molecule has 1 rings (SSSR count). The van der Waals surface area contributed by atoms with Crippen LogP contribution in [0.5, 0.6) is 0 Å². The first kappa shape index (κ1) is 10.7. The molecule has 0 unspecified atom stereocenters. The lowest BCUT2D eigenvalue weighted by Crippen LogP contribution is -2.39. The standard InChI is InChI=1S/C10H14N2O2/c11-6-8(9(12)10(13)14)7-4-2-1-3-5-7/h1-5,8-9H,6,11-12H2,(H,13,14)/t8-,9+/m1/s1. The number of carboxylic acid groups (broad SMARTS) is 1. The summed E-state index contributed by atoms with van der Waals surface area (Å²) in [5, 5.41) is 8.76. The molecule has 0 spiro atoms. The largest absolute Gasteiger partial charge is 0.480 e. The van der Waals surface area contributed by atoms with Gasteiger partial charge >= 0.3 is 5.97 Å². The van der Waals surface area contributed by atoms with Crippen LogP contribution >= 0.6 is 0 Å². The van der Waals surface area contributed by atoms with E-state index in [1.165, 1.54) is 0 Å². The molecule has 0 aliphatic carbocycles. The van der Waals surface area contributed by atoms with Crippen molar-refractivity contribution in [3.05, 3.63) is 35.9 Å². The molecule has 0 aliphatic heterocycles. The second-order valence-corrected chi connectivity index (χ2v) is 3.12. The van der Waals surface area contributed by atoms with Gasteiger partial charge < -0.3 is 16.6 Å². The van der Waals surface area contributed by atoms with E-state index in [0.29, 0.717) is 0 Å². The van der Waals surface area contributed by atoms with Crippen molar-refractivity contribution in [1.82, 2.24) is 0 Å². The molecule has 2 atom stereocenters. The molecule has 14 heavy (non-hydrogen) atoms. The van der Waals surface area contributed by atoms with E-state index in [-0.39, 0.29) is 12.5 Å². The summed E-state index contributed by atoms with van der Waals surface area (Å²) in [6.07, 6.45) is 0. The van der Waals surface area contributed by atoms with Gasteiger partial charge in [0.2, 0.25) is 0 Å². The SMILES string of the molecule is NC[C@H](c1ccccc1)[C@H](N)C(=O)O. The predicted octanol–water partition coefficient (Wildman–Crippen LogP) is 0.141. The number of nitrogens with two attached hydrogens (primary N) is 2. The Kier molecular flexibility index (Phi) is 3.62. The Morgan fingerprint density at radius 2 is 1.93 bits per heavy atom. The van der Waals surface area contributed by atoms with Crippen LogP contribution in [0.4, 0.5) is 0 Å². The predicted molar refractivity (Wildman–Crippen MR) is 53.8 cm³/mol. The third-order valence-corrected chi connectivity index (χ3v) is 2.20. The van der Waals surface area contributed by atoms with Gasteiger partial charge in [0.25, 0.3) is 0 Å².